The third-order valence-electron chi connectivity index (χ3n) is 1.58. The minimum atomic E-state index is -1.54. The van der Waals surface area contributed by atoms with Gasteiger partial charge in [-0.1, -0.05) is 12.3 Å². The first kappa shape index (κ1) is 20.9. The Labute approximate surface area is 131 Å². The van der Waals surface area contributed by atoms with Crippen molar-refractivity contribution in [3.05, 3.63) is 59.1 Å². The summed E-state index contributed by atoms with van der Waals surface area (Å²) in [6, 6.07) is 9.91. The van der Waals surface area contributed by atoms with Crippen LogP contribution in [0.1, 0.15) is 6.92 Å². The van der Waals surface area contributed by atoms with E-state index in [1.54, 1.807) is 31.2 Å². The van der Waals surface area contributed by atoms with Gasteiger partial charge in [-0.05, 0) is 6.92 Å². The molecule has 1 rings (SSSR count). The van der Waals surface area contributed by atoms with Gasteiger partial charge in [0.05, 0.1) is 0 Å². The van der Waals surface area contributed by atoms with Gasteiger partial charge in [-0.25, -0.2) is 0 Å². The number of nitrogens with zero attached hydrogens (tertiary/aromatic N) is 1. The van der Waals surface area contributed by atoms with E-state index in [1.165, 1.54) is 0 Å². The Kier molecular flexibility index (Phi) is 12.6. The number of carboxylic acids is 1. The fourth-order valence-electron chi connectivity index (χ4n) is 0.798. The maximum atomic E-state index is 11.1. The van der Waals surface area contributed by atoms with Crippen LogP contribution in [0, 0.1) is 22.7 Å². The van der Waals surface area contributed by atoms with Crippen molar-refractivity contribution in [1.29, 1.82) is 0 Å². The van der Waals surface area contributed by atoms with Crippen LogP contribution in [0.2, 0.25) is 0 Å². The molecule has 0 aliphatic rings. The average Bonchev–Trinajstić information content (AvgIpc) is 2.41. The summed E-state index contributed by atoms with van der Waals surface area (Å²) in [7, 11) is 0. The number of carbonyl (C=O) groups excluding carboxylic acids is 1. The third-order valence-corrected chi connectivity index (χ3v) is 1.58. The van der Waals surface area contributed by atoms with Crippen LogP contribution in [0.15, 0.2) is 36.4 Å². The number of rotatable bonds is 4. The molecule has 0 spiro atoms. The number of carbonyl (C=O) groups is 2. The van der Waals surface area contributed by atoms with Crippen LogP contribution >= 0.6 is 0 Å². The van der Waals surface area contributed by atoms with Crippen LogP contribution in [0.3, 0.4) is 0 Å². The molecule has 1 amide bonds. The fraction of sp³-hybridized carbons (Fsp3) is 0.0833. The molecule has 1 aromatic rings. The molecule has 0 fully saturated rings. The molecule has 21 heavy (non-hydrogen) atoms. The van der Waals surface area contributed by atoms with Gasteiger partial charge in [-0.2, -0.15) is 18.2 Å². The summed E-state index contributed by atoms with van der Waals surface area (Å²) >= 11 is 0.611. The predicted molar refractivity (Wildman–Crippen MR) is 68.3 cm³/mol. The van der Waals surface area contributed by atoms with Crippen LogP contribution in [-0.4, -0.2) is 21.9 Å². The second kappa shape index (κ2) is 12.6. The molecule has 0 bridgehead atoms. The zero-order valence-corrected chi connectivity index (χ0v) is 13.4. The zero-order chi connectivity index (χ0) is 16.8. The van der Waals surface area contributed by atoms with E-state index in [2.05, 4.69) is 18.0 Å². The van der Waals surface area contributed by atoms with Crippen LogP contribution in [0.4, 0.5) is 5.69 Å². The van der Waals surface area contributed by atoms with Gasteiger partial charge in [0, 0.05) is 12.1 Å². The molecule has 0 radical (unpaired) electrons. The minimum absolute atomic E-state index is 0.0278. The quantitative estimate of drug-likeness (QED) is 0.296. The SMILES string of the molecule is C=C(C)C(=O)Nc1cc[c-]cc1.O=C(O)[CH-][N+](=O)[O-].[O]=[Os]. The van der Waals surface area contributed by atoms with E-state index in [0.717, 1.165) is 5.69 Å². The number of amides is 1. The Bertz CT molecular complexity index is 480. The van der Waals surface area contributed by atoms with Gasteiger partial charge in [-0.15, -0.1) is 17.1 Å². The van der Waals surface area contributed by atoms with Crippen LogP contribution < -0.4 is 5.32 Å². The van der Waals surface area contributed by atoms with Crippen molar-refractivity contribution in [1.82, 2.24) is 0 Å². The molecule has 0 atom stereocenters. The number of anilines is 1. The van der Waals surface area contributed by atoms with Crippen molar-refractivity contribution in [3.8, 4) is 0 Å². The van der Waals surface area contributed by atoms with E-state index >= 15 is 0 Å². The first-order chi connectivity index (χ1) is 9.82. The Balaban J connectivity index is 0. The number of carboxylic acid groups (broad SMARTS) is 1. The molecule has 1 aromatic carbocycles. The zero-order valence-electron chi connectivity index (χ0n) is 10.9. The van der Waals surface area contributed by atoms with Crippen molar-refractivity contribution in [2.45, 2.75) is 6.92 Å². The third kappa shape index (κ3) is 13.8. The first-order valence-electron chi connectivity index (χ1n) is 5.11. The predicted octanol–water partition coefficient (Wildman–Crippen LogP) is 1.39. The maximum absolute atomic E-state index is 11.1. The molecule has 0 aromatic heterocycles. The average molecular weight is 470 g/mol. The molecule has 0 aliphatic carbocycles. The van der Waals surface area contributed by atoms with Gasteiger partial charge in [0.15, 0.2) is 0 Å². The Morgan fingerprint density at radius 2 is 1.90 bits per heavy atom. The van der Waals surface area contributed by atoms with Crippen molar-refractivity contribution in [3.63, 3.8) is 0 Å². The summed E-state index contributed by atoms with van der Waals surface area (Å²) < 4.78 is 8.28. The number of benzene rings is 1. The van der Waals surface area contributed by atoms with Crippen molar-refractivity contribution in [2.24, 2.45) is 0 Å². The van der Waals surface area contributed by atoms with Gasteiger partial charge >= 0.3 is 22.1 Å². The molecule has 8 nitrogen and oxygen atoms in total. The molecule has 0 heterocycles. The number of nitrogens with one attached hydrogen (secondary N) is 1. The standard InChI is InChI=1S/C10H10NO.C2H2NO4.O.Os/c1-8(2)10(12)11-9-6-4-3-5-7-9;4-2(5)1-3(6)7;;/h4-7H,1H2,2H3,(H,11,12);1H,(H,4,5);;/q2*-1;;. The van der Waals surface area contributed by atoms with Crippen molar-refractivity contribution in [2.75, 3.05) is 5.32 Å². The summed E-state index contributed by atoms with van der Waals surface area (Å²) in [5, 5.41) is 19.4. The van der Waals surface area contributed by atoms with Gasteiger partial charge in [0.2, 0.25) is 11.9 Å². The number of hydrogen-bond acceptors (Lipinski definition) is 5. The second-order valence-electron chi connectivity index (χ2n) is 3.28. The summed E-state index contributed by atoms with van der Waals surface area (Å²) in [5.41, 5.74) is 1.27. The van der Waals surface area contributed by atoms with E-state index in [1.807, 2.05) is 0 Å². The van der Waals surface area contributed by atoms with Crippen LogP contribution in [-0.2, 0) is 31.7 Å². The Morgan fingerprint density at radius 1 is 1.43 bits per heavy atom. The van der Waals surface area contributed by atoms with Gasteiger partial charge < -0.3 is 10.4 Å². The molecule has 0 saturated carbocycles. The number of nitro groups is 1. The van der Waals surface area contributed by atoms with Gasteiger partial charge in [-0.3, -0.25) is 19.7 Å². The molecule has 0 saturated heterocycles. The van der Waals surface area contributed by atoms with Crippen LogP contribution in [0.5, 0.6) is 0 Å². The summed E-state index contributed by atoms with van der Waals surface area (Å²) in [6.07, 6.45) is 0. The normalized spacial score (nSPS) is 7.90. The monoisotopic (exact) mass is 472 g/mol. The molecule has 0 aliphatic heterocycles. The Hall–Kier alpha value is -2.39. The molecule has 2 N–H and O–H groups in total. The Morgan fingerprint density at radius 3 is 2.19 bits per heavy atom. The second-order valence-corrected chi connectivity index (χ2v) is 3.28. The molecule has 0 unspecified atom stereocenters. The fourth-order valence-corrected chi connectivity index (χ4v) is 0.798. The summed E-state index contributed by atoms with van der Waals surface area (Å²) in [5.74, 6) is -1.69. The van der Waals surface area contributed by atoms with E-state index in [4.69, 9.17) is 8.65 Å². The van der Waals surface area contributed by atoms with Crippen LogP contribution in [0.25, 0.3) is 0 Å². The molecule has 9 heteroatoms. The summed E-state index contributed by atoms with van der Waals surface area (Å²) in [4.78, 5) is 28.6. The number of hydrogen-bond donors (Lipinski definition) is 2. The van der Waals surface area contributed by atoms with Gasteiger partial charge in [0.1, 0.15) is 0 Å². The summed E-state index contributed by atoms with van der Waals surface area (Å²) in [6.45, 7) is 5.17. The molecular formula is C12H12N2O6Os-2. The van der Waals surface area contributed by atoms with Crippen molar-refractivity contribution >= 4 is 17.6 Å². The van der Waals surface area contributed by atoms with E-state index in [-0.39, 0.29) is 12.5 Å². The number of aliphatic carboxylic acids is 1. The van der Waals surface area contributed by atoms with Gasteiger partial charge in [0.25, 0.3) is 0 Å². The van der Waals surface area contributed by atoms with E-state index in [9.17, 15) is 19.7 Å². The first-order valence-corrected chi connectivity index (χ1v) is 6.15. The molecule has 116 valence electrons. The topological polar surface area (TPSA) is 127 Å². The van der Waals surface area contributed by atoms with E-state index in [0.29, 0.717) is 24.1 Å². The van der Waals surface area contributed by atoms with E-state index < -0.39 is 10.9 Å². The van der Waals surface area contributed by atoms with Crippen molar-refractivity contribution < 1.29 is 41.7 Å². The molecular weight excluding hydrogens is 458 g/mol.